The summed E-state index contributed by atoms with van der Waals surface area (Å²) in [7, 11) is 0. The molecule has 1 aromatic rings. The van der Waals surface area contributed by atoms with Gasteiger partial charge in [0.25, 0.3) is 6.43 Å². The molecule has 1 nitrogen and oxygen atoms in total. The van der Waals surface area contributed by atoms with Crippen molar-refractivity contribution in [3.63, 3.8) is 0 Å². The molecule has 1 rings (SSSR count). The van der Waals surface area contributed by atoms with E-state index in [-0.39, 0.29) is 16.0 Å². The van der Waals surface area contributed by atoms with Gasteiger partial charge in [0.1, 0.15) is 0 Å². The van der Waals surface area contributed by atoms with Gasteiger partial charge in [0.15, 0.2) is 5.69 Å². The van der Waals surface area contributed by atoms with Crippen molar-refractivity contribution in [2.75, 3.05) is 0 Å². The first-order valence-corrected chi connectivity index (χ1v) is 5.20. The Balaban J connectivity index is 3.43. The highest BCUT2D eigenvalue weighted by molar-refractivity contribution is 9.10. The molecule has 0 aliphatic carbocycles. The first kappa shape index (κ1) is 13.6. The summed E-state index contributed by atoms with van der Waals surface area (Å²) in [5, 5.41) is 0. The second-order valence-electron chi connectivity index (χ2n) is 2.79. The lowest BCUT2D eigenvalue weighted by Crippen LogP contribution is -2.14. The molecule has 0 saturated carbocycles. The third kappa shape index (κ3) is 2.82. The number of pyridine rings is 1. The maximum absolute atomic E-state index is 12.4. The van der Waals surface area contributed by atoms with Crippen LogP contribution < -0.4 is 0 Å². The van der Waals surface area contributed by atoms with E-state index in [4.69, 9.17) is 11.6 Å². The van der Waals surface area contributed by atoms with Gasteiger partial charge in [0.2, 0.25) is 0 Å². The summed E-state index contributed by atoms with van der Waals surface area (Å²) >= 11 is 8.17. The molecule has 1 heterocycles. The van der Waals surface area contributed by atoms with Gasteiger partial charge in [0, 0.05) is 10.0 Å². The first-order chi connectivity index (χ1) is 7.27. The lowest BCUT2D eigenvalue weighted by atomic mass is 10.1. The Labute approximate surface area is 101 Å². The van der Waals surface area contributed by atoms with Crippen molar-refractivity contribution in [3.05, 3.63) is 27.5 Å². The van der Waals surface area contributed by atoms with Gasteiger partial charge in [-0.25, -0.2) is 13.8 Å². The van der Waals surface area contributed by atoms with Crippen LogP contribution in [0.2, 0.25) is 0 Å². The maximum atomic E-state index is 12.4. The Hall–Kier alpha value is -0.430. The molecule has 90 valence electrons. The van der Waals surface area contributed by atoms with Crippen molar-refractivity contribution in [1.29, 1.82) is 0 Å². The van der Waals surface area contributed by atoms with Gasteiger partial charge in [-0.15, -0.1) is 11.6 Å². The van der Waals surface area contributed by atoms with Gasteiger partial charge < -0.3 is 0 Å². The van der Waals surface area contributed by atoms with E-state index in [9.17, 15) is 22.0 Å². The SMILES string of the molecule is FC(F)c1cc(Br)c(CCl)nc1C(F)(F)F. The van der Waals surface area contributed by atoms with Crippen LogP contribution in [0.15, 0.2) is 10.5 Å². The van der Waals surface area contributed by atoms with Crippen LogP contribution in [0.1, 0.15) is 23.4 Å². The number of hydrogen-bond acceptors (Lipinski definition) is 1. The topological polar surface area (TPSA) is 12.9 Å². The first-order valence-electron chi connectivity index (χ1n) is 3.88. The summed E-state index contributed by atoms with van der Waals surface area (Å²) in [4.78, 5) is 3.10. The number of halogens is 7. The summed E-state index contributed by atoms with van der Waals surface area (Å²) in [5.41, 5.74) is -2.88. The Bertz CT molecular complexity index is 393. The zero-order valence-corrected chi connectivity index (χ0v) is 9.80. The normalized spacial score (nSPS) is 12.2. The zero-order valence-electron chi connectivity index (χ0n) is 7.45. The standard InChI is InChI=1S/C8H4BrClF5N/c9-4-1-3(7(11)12)6(8(13,14)15)16-5(4)2-10/h1,7H,2H2. The maximum Gasteiger partial charge on any atom is 0.433 e. The molecule has 0 atom stereocenters. The van der Waals surface area contributed by atoms with Crippen molar-refractivity contribution in [3.8, 4) is 0 Å². The average molecular weight is 324 g/mol. The second-order valence-corrected chi connectivity index (χ2v) is 3.91. The minimum Gasteiger partial charge on any atom is -0.245 e. The number of aromatic nitrogens is 1. The molecule has 16 heavy (non-hydrogen) atoms. The fourth-order valence-electron chi connectivity index (χ4n) is 1.03. The van der Waals surface area contributed by atoms with E-state index in [0.717, 1.165) is 0 Å². The quantitative estimate of drug-likeness (QED) is 0.575. The molecule has 0 saturated heterocycles. The number of nitrogens with zero attached hydrogens (tertiary/aromatic N) is 1. The molecule has 0 radical (unpaired) electrons. The van der Waals surface area contributed by atoms with Crippen LogP contribution in [-0.4, -0.2) is 4.98 Å². The van der Waals surface area contributed by atoms with Gasteiger partial charge in [-0.2, -0.15) is 13.2 Å². The molecule has 8 heteroatoms. The average Bonchev–Trinajstić information content (AvgIpc) is 2.15. The third-order valence-electron chi connectivity index (χ3n) is 1.71. The van der Waals surface area contributed by atoms with E-state index in [0.29, 0.717) is 6.07 Å². The molecular weight excluding hydrogens is 320 g/mol. The highest BCUT2D eigenvalue weighted by Gasteiger charge is 2.38. The van der Waals surface area contributed by atoms with Crippen LogP contribution >= 0.6 is 27.5 Å². The van der Waals surface area contributed by atoms with Crippen LogP contribution in [0, 0.1) is 0 Å². The Morgan fingerprint density at radius 2 is 1.94 bits per heavy atom. The largest absolute Gasteiger partial charge is 0.433 e. The van der Waals surface area contributed by atoms with Crippen LogP contribution in [0.5, 0.6) is 0 Å². The van der Waals surface area contributed by atoms with E-state index >= 15 is 0 Å². The fraction of sp³-hybridized carbons (Fsp3) is 0.375. The predicted molar refractivity (Wildman–Crippen MR) is 51.5 cm³/mol. The second kappa shape index (κ2) is 4.83. The number of alkyl halides is 6. The third-order valence-corrected chi connectivity index (χ3v) is 2.65. The summed E-state index contributed by atoms with van der Waals surface area (Å²) in [6.45, 7) is 0. The van der Waals surface area contributed by atoms with Gasteiger partial charge >= 0.3 is 6.18 Å². The lowest BCUT2D eigenvalue weighted by molar-refractivity contribution is -0.143. The molecule has 0 aliphatic rings. The molecule has 0 amide bonds. The van der Waals surface area contributed by atoms with Gasteiger partial charge in [-0.3, -0.25) is 0 Å². The van der Waals surface area contributed by atoms with Crippen LogP contribution in [0.4, 0.5) is 22.0 Å². The highest BCUT2D eigenvalue weighted by atomic mass is 79.9. The van der Waals surface area contributed by atoms with Crippen molar-refractivity contribution in [1.82, 2.24) is 4.98 Å². The number of rotatable bonds is 2. The van der Waals surface area contributed by atoms with Crippen molar-refractivity contribution in [2.45, 2.75) is 18.5 Å². The minimum atomic E-state index is -4.92. The van der Waals surface area contributed by atoms with E-state index in [1.807, 2.05) is 0 Å². The lowest BCUT2D eigenvalue weighted by Gasteiger charge is -2.13. The van der Waals surface area contributed by atoms with Crippen LogP contribution in [0.3, 0.4) is 0 Å². The number of hydrogen-bond donors (Lipinski definition) is 0. The molecule has 0 fully saturated rings. The Morgan fingerprint density at radius 3 is 2.31 bits per heavy atom. The van der Waals surface area contributed by atoms with Crippen molar-refractivity contribution < 1.29 is 22.0 Å². The molecule has 0 spiro atoms. The zero-order chi connectivity index (χ0) is 12.5. The van der Waals surface area contributed by atoms with Gasteiger partial charge in [-0.1, -0.05) is 0 Å². The summed E-state index contributed by atoms with van der Waals surface area (Å²) in [6, 6.07) is 0.693. The minimum absolute atomic E-state index is 0.0331. The molecule has 0 unspecified atom stereocenters. The van der Waals surface area contributed by atoms with Gasteiger partial charge in [0.05, 0.1) is 11.6 Å². The van der Waals surface area contributed by atoms with Crippen molar-refractivity contribution >= 4 is 27.5 Å². The van der Waals surface area contributed by atoms with E-state index in [1.165, 1.54) is 0 Å². The fourth-order valence-corrected chi connectivity index (χ4v) is 1.87. The molecule has 1 aromatic heterocycles. The van der Waals surface area contributed by atoms with Crippen molar-refractivity contribution in [2.24, 2.45) is 0 Å². The van der Waals surface area contributed by atoms with Gasteiger partial charge in [-0.05, 0) is 22.0 Å². The monoisotopic (exact) mass is 323 g/mol. The molecule has 0 aliphatic heterocycles. The molecular formula is C8H4BrClF5N. The van der Waals surface area contributed by atoms with E-state index < -0.39 is 23.9 Å². The Kier molecular flexibility index (Phi) is 4.12. The molecule has 0 bridgehead atoms. The summed E-state index contributed by atoms with van der Waals surface area (Å²) in [5.74, 6) is -0.298. The predicted octanol–water partition coefficient (Wildman–Crippen LogP) is 4.54. The summed E-state index contributed by atoms with van der Waals surface area (Å²) < 4.78 is 62.0. The summed E-state index contributed by atoms with van der Waals surface area (Å²) in [6.07, 6.45) is -8.17. The van der Waals surface area contributed by atoms with E-state index in [1.54, 1.807) is 0 Å². The van der Waals surface area contributed by atoms with Crippen LogP contribution in [0.25, 0.3) is 0 Å². The molecule has 0 N–H and O–H groups in total. The molecule has 0 aromatic carbocycles. The highest BCUT2D eigenvalue weighted by Crippen LogP contribution is 2.37. The Morgan fingerprint density at radius 1 is 1.38 bits per heavy atom. The smallest absolute Gasteiger partial charge is 0.245 e. The van der Waals surface area contributed by atoms with Crippen LogP contribution in [-0.2, 0) is 12.1 Å². The van der Waals surface area contributed by atoms with E-state index in [2.05, 4.69) is 20.9 Å².